The van der Waals surface area contributed by atoms with Crippen molar-refractivity contribution in [3.05, 3.63) is 118 Å². The van der Waals surface area contributed by atoms with E-state index in [1.54, 1.807) is 25.1 Å². The quantitative estimate of drug-likeness (QED) is 0.331. The van der Waals surface area contributed by atoms with Gasteiger partial charge in [0, 0.05) is 2.85 Å². The van der Waals surface area contributed by atoms with Crippen LogP contribution in [0.15, 0.2) is 90.1 Å². The van der Waals surface area contributed by atoms with Crippen molar-refractivity contribution < 1.29 is 25.6 Å². The minimum atomic E-state index is -4.10. The molecule has 0 bridgehead atoms. The zero-order valence-corrected chi connectivity index (χ0v) is 23.9. The summed E-state index contributed by atoms with van der Waals surface area (Å²) in [5, 5.41) is 0. The van der Waals surface area contributed by atoms with Crippen LogP contribution in [-0.2, 0) is 35.3 Å². The van der Waals surface area contributed by atoms with Gasteiger partial charge in [0.25, 0.3) is 0 Å². The summed E-state index contributed by atoms with van der Waals surface area (Å²) >= 11 is 0. The van der Waals surface area contributed by atoms with Gasteiger partial charge in [-0.3, -0.25) is 0 Å². The largest absolute Gasteiger partial charge is 0.393 e. The van der Waals surface area contributed by atoms with E-state index in [0.29, 0.717) is 5.56 Å². The smallest absolute Gasteiger partial charge is 0.307 e. The number of rotatable bonds is 8. The van der Waals surface area contributed by atoms with Crippen LogP contribution in [0.1, 0.15) is 70.7 Å². The van der Waals surface area contributed by atoms with Gasteiger partial charge in [-0.15, -0.1) is 0 Å². The molecule has 2 aromatic rings. The number of carbonyl (C=O) groups excluding carboxylic acids is 2. The highest BCUT2D eigenvalue weighted by molar-refractivity contribution is 5.46. The molecular weight excluding hydrogens is 497 g/mol. The van der Waals surface area contributed by atoms with Crippen molar-refractivity contribution in [2.45, 2.75) is 78.8 Å². The average Bonchev–Trinajstić information content (AvgIpc) is 3.17. The van der Waals surface area contributed by atoms with Crippen molar-refractivity contribution in [2.24, 2.45) is 0 Å². The van der Waals surface area contributed by atoms with Gasteiger partial charge < -0.3 is 9.59 Å². The number of aryl methyl sites for hydroxylation is 3. The van der Waals surface area contributed by atoms with E-state index in [1.807, 2.05) is 13.6 Å². The minimum absolute atomic E-state index is 0. The molecule has 0 fully saturated rings. The van der Waals surface area contributed by atoms with Gasteiger partial charge in [0.15, 0.2) is 0 Å². The zero-order valence-electron chi connectivity index (χ0n) is 23.9. The van der Waals surface area contributed by atoms with Crippen LogP contribution in [0.5, 0.6) is 0 Å². The van der Waals surface area contributed by atoms with Crippen LogP contribution in [0.4, 0.5) is 13.2 Å². The molecule has 0 unspecified atom stereocenters. The predicted octanol–water partition coefficient (Wildman–Crippen LogP) is 9.74. The predicted molar refractivity (Wildman–Crippen MR) is 162 cm³/mol. The molecule has 0 radical (unpaired) electrons. The molecule has 1 aliphatic carbocycles. The summed E-state index contributed by atoms with van der Waals surface area (Å²) in [6.07, 6.45) is 10.7. The summed E-state index contributed by atoms with van der Waals surface area (Å²) in [5.74, 6) is 0. The van der Waals surface area contributed by atoms with E-state index < -0.39 is 12.6 Å². The number of halogens is 3. The maximum atomic E-state index is 11.9. The van der Waals surface area contributed by atoms with Gasteiger partial charge in [-0.1, -0.05) is 112 Å². The number of hydrogen-bond donors (Lipinski definition) is 0. The highest BCUT2D eigenvalue weighted by Gasteiger charge is 2.27. The Balaban J connectivity index is -0.000000683. The number of carbonyl (C=O) groups is 2. The third kappa shape index (κ3) is 14.3. The van der Waals surface area contributed by atoms with Crippen LogP contribution >= 0.6 is 0 Å². The maximum absolute atomic E-state index is 11.9. The van der Waals surface area contributed by atoms with Gasteiger partial charge >= 0.3 is 6.18 Å². The highest BCUT2D eigenvalue weighted by atomic mass is 19.4. The molecule has 216 valence electrons. The average molecular weight is 545 g/mol. The normalized spacial score (nSPS) is 12.2. The number of hydrogen-bond acceptors (Lipinski definition) is 2. The third-order valence-electron chi connectivity index (χ3n) is 6.11. The molecule has 0 aromatic heterocycles. The van der Waals surface area contributed by atoms with Crippen molar-refractivity contribution >= 4 is 13.6 Å². The molecule has 0 saturated carbocycles. The summed E-state index contributed by atoms with van der Waals surface area (Å²) in [6.45, 7) is 16.8. The molecule has 39 heavy (non-hydrogen) atoms. The third-order valence-corrected chi connectivity index (χ3v) is 6.11. The standard InChI is InChI=1S/C23H30.C9H9F3.2CH2O.2H2/c1-5-9-23-17-20(13-14-21(23)7-3)16-18(4)22-11-8-10-19(6-2)12-15-22;1-7-3-2-4-8(5-7)6-9(10,11)12;2*1-2;;/h8,11-15,17H,4-7,9-10,16H2,1-3H3;2-5H,6H2,1H3;2*1H2;2*1H. The number of allylic oxidation sites excluding steroid dienone is 7. The molecule has 1 aliphatic rings. The molecule has 2 aromatic carbocycles. The van der Waals surface area contributed by atoms with E-state index in [9.17, 15) is 13.2 Å². The fourth-order valence-corrected chi connectivity index (χ4v) is 4.20. The molecule has 0 N–H and O–H groups in total. The first-order valence-electron chi connectivity index (χ1n) is 13.2. The SMILES string of the molecule is C=C(Cc1ccc(CC)c(CCC)c1)C1=CC=C(CC)CC=C1.C=O.C=O.Cc1cccc(CC(F)(F)F)c1.[HH].[HH]. The van der Waals surface area contributed by atoms with Crippen LogP contribution in [0.25, 0.3) is 0 Å². The number of benzene rings is 2. The van der Waals surface area contributed by atoms with E-state index in [-0.39, 0.29) is 2.85 Å². The number of alkyl halides is 3. The van der Waals surface area contributed by atoms with Crippen molar-refractivity contribution in [3.63, 3.8) is 0 Å². The molecule has 3 rings (SSSR count). The first-order chi connectivity index (χ1) is 18.6. The van der Waals surface area contributed by atoms with Crippen LogP contribution in [0.3, 0.4) is 0 Å². The summed E-state index contributed by atoms with van der Waals surface area (Å²) < 4.78 is 35.6. The lowest BCUT2D eigenvalue weighted by Crippen LogP contribution is -2.11. The Morgan fingerprint density at radius 1 is 0.897 bits per heavy atom. The second-order valence-electron chi connectivity index (χ2n) is 9.17. The molecule has 0 amide bonds. The van der Waals surface area contributed by atoms with Gasteiger partial charge in [0.2, 0.25) is 0 Å². The first kappa shape index (κ1) is 35.5. The summed E-state index contributed by atoms with van der Waals surface area (Å²) in [5.41, 5.74) is 9.53. The summed E-state index contributed by atoms with van der Waals surface area (Å²) in [7, 11) is 0. The van der Waals surface area contributed by atoms with Crippen molar-refractivity contribution in [1.29, 1.82) is 0 Å². The minimum Gasteiger partial charge on any atom is -0.307 e. The van der Waals surface area contributed by atoms with Gasteiger partial charge in [0.05, 0.1) is 6.42 Å². The monoisotopic (exact) mass is 544 g/mol. The Morgan fingerprint density at radius 2 is 1.59 bits per heavy atom. The molecule has 2 nitrogen and oxygen atoms in total. The van der Waals surface area contributed by atoms with Crippen molar-refractivity contribution in [1.82, 2.24) is 0 Å². The highest BCUT2D eigenvalue weighted by Crippen LogP contribution is 2.23. The van der Waals surface area contributed by atoms with Crippen LogP contribution < -0.4 is 0 Å². The topological polar surface area (TPSA) is 34.1 Å². The van der Waals surface area contributed by atoms with Crippen LogP contribution in [-0.4, -0.2) is 19.8 Å². The van der Waals surface area contributed by atoms with Gasteiger partial charge in [-0.25, -0.2) is 0 Å². The molecule has 5 heteroatoms. The lowest BCUT2D eigenvalue weighted by Gasteiger charge is -2.12. The van der Waals surface area contributed by atoms with Crippen LogP contribution in [0.2, 0.25) is 0 Å². The molecule has 0 atom stereocenters. The fourth-order valence-electron chi connectivity index (χ4n) is 4.20. The van der Waals surface area contributed by atoms with E-state index in [4.69, 9.17) is 9.59 Å². The van der Waals surface area contributed by atoms with Gasteiger partial charge in [-0.05, 0) is 72.4 Å². The first-order valence-corrected chi connectivity index (χ1v) is 13.2. The second-order valence-corrected chi connectivity index (χ2v) is 9.17. The van der Waals surface area contributed by atoms with Crippen molar-refractivity contribution in [3.8, 4) is 0 Å². The van der Waals surface area contributed by atoms with Gasteiger partial charge in [-0.2, -0.15) is 13.2 Å². The molecular formula is C34H47F3O2. The van der Waals surface area contributed by atoms with E-state index in [0.717, 1.165) is 31.2 Å². The summed E-state index contributed by atoms with van der Waals surface area (Å²) in [6, 6.07) is 13.4. The van der Waals surface area contributed by atoms with E-state index >= 15 is 0 Å². The second kappa shape index (κ2) is 19.6. The Kier molecular flexibility index (Phi) is 17.8. The maximum Gasteiger partial charge on any atom is 0.393 e. The Hall–Kier alpha value is -3.47. The van der Waals surface area contributed by atoms with Gasteiger partial charge in [0.1, 0.15) is 13.6 Å². The van der Waals surface area contributed by atoms with E-state index in [1.165, 1.54) is 52.3 Å². The Labute approximate surface area is 236 Å². The Morgan fingerprint density at radius 3 is 2.15 bits per heavy atom. The zero-order chi connectivity index (χ0) is 29.8. The lowest BCUT2D eigenvalue weighted by molar-refractivity contribution is -0.127. The molecule has 0 aliphatic heterocycles. The van der Waals surface area contributed by atoms with Crippen molar-refractivity contribution in [2.75, 3.05) is 0 Å². The summed E-state index contributed by atoms with van der Waals surface area (Å²) in [4.78, 5) is 16.0. The fraction of sp³-hybridized carbons (Fsp3) is 0.353. The van der Waals surface area contributed by atoms with Crippen LogP contribution in [0, 0.1) is 6.92 Å². The lowest BCUT2D eigenvalue weighted by atomic mass is 9.94. The molecule has 0 saturated heterocycles. The molecule has 0 heterocycles. The Bertz CT molecular complexity index is 1120. The molecule has 0 spiro atoms. The van der Waals surface area contributed by atoms with E-state index in [2.05, 4.69) is 69.9 Å².